The largest absolute Gasteiger partial charge is 0.417 e. The second kappa shape index (κ2) is 13.6. The highest BCUT2D eigenvalue weighted by Crippen LogP contribution is 2.51. The van der Waals surface area contributed by atoms with Crippen molar-refractivity contribution in [2.75, 3.05) is 20.8 Å². The summed E-state index contributed by atoms with van der Waals surface area (Å²) in [6.45, 7) is 20.5. The zero-order valence-electron chi connectivity index (χ0n) is 26.3. The van der Waals surface area contributed by atoms with Crippen LogP contribution >= 0.6 is 0 Å². The lowest BCUT2D eigenvalue weighted by atomic mass is 9.82. The molecule has 5 atom stereocenters. The first-order chi connectivity index (χ1) is 18.0. The fourth-order valence-electron chi connectivity index (χ4n) is 5.20. The van der Waals surface area contributed by atoms with E-state index in [1.807, 2.05) is 6.08 Å². The van der Waals surface area contributed by atoms with Gasteiger partial charge in [-0.05, 0) is 75.2 Å². The summed E-state index contributed by atoms with van der Waals surface area (Å²) in [7, 11) is 1.30. The Hall–Kier alpha value is -1.29. The topological polar surface area (TPSA) is 89.6 Å². The van der Waals surface area contributed by atoms with Crippen LogP contribution in [-0.4, -0.2) is 63.8 Å². The van der Waals surface area contributed by atoms with Gasteiger partial charge in [-0.3, -0.25) is 4.79 Å². The van der Waals surface area contributed by atoms with E-state index >= 15 is 0 Å². The van der Waals surface area contributed by atoms with Gasteiger partial charge in [-0.15, -0.1) is 0 Å². The molecule has 8 heteroatoms. The Morgan fingerprint density at radius 1 is 1.13 bits per heavy atom. The molecule has 0 unspecified atom stereocenters. The molecule has 1 heterocycles. The van der Waals surface area contributed by atoms with Crippen molar-refractivity contribution in [3.8, 4) is 0 Å². The van der Waals surface area contributed by atoms with E-state index in [0.717, 1.165) is 32.3 Å². The van der Waals surface area contributed by atoms with Gasteiger partial charge in [0.25, 0.3) is 0 Å². The lowest BCUT2D eigenvalue weighted by molar-refractivity contribution is -0.197. The molecule has 2 rings (SSSR count). The fourth-order valence-corrected chi connectivity index (χ4v) is 6.29. The molecule has 1 saturated heterocycles. The minimum Gasteiger partial charge on any atom is -0.417 e. The number of carbonyl (C=O) groups excluding carboxylic acids is 1. The highest BCUT2D eigenvalue weighted by atomic mass is 28.4. The normalized spacial score (nSPS) is 26.0. The lowest BCUT2D eigenvalue weighted by Crippen LogP contribution is -2.55. The van der Waals surface area contributed by atoms with Crippen molar-refractivity contribution in [2.24, 2.45) is 11.8 Å². The third kappa shape index (κ3) is 8.84. The molecule has 0 aromatic rings. The van der Waals surface area contributed by atoms with Crippen LogP contribution in [0.25, 0.3) is 0 Å². The summed E-state index contributed by atoms with van der Waals surface area (Å²) in [6.07, 6.45) is 10.6. The van der Waals surface area contributed by atoms with Crippen LogP contribution in [0.2, 0.25) is 18.1 Å². The minimum absolute atomic E-state index is 0.195. The van der Waals surface area contributed by atoms with Gasteiger partial charge in [0.1, 0.15) is 17.8 Å². The Balaban J connectivity index is 2.02. The number of amides is 1. The Morgan fingerprint density at radius 2 is 1.77 bits per heavy atom. The van der Waals surface area contributed by atoms with Crippen molar-refractivity contribution in [1.29, 1.82) is 0 Å². The molecule has 0 aromatic heterocycles. The van der Waals surface area contributed by atoms with E-state index in [4.69, 9.17) is 18.6 Å². The summed E-state index contributed by atoms with van der Waals surface area (Å²) < 4.78 is 23.6. The minimum atomic E-state index is -1.75. The van der Waals surface area contributed by atoms with Crippen LogP contribution < -0.4 is 5.32 Å². The first kappa shape index (κ1) is 33.9. The van der Waals surface area contributed by atoms with Gasteiger partial charge in [-0.2, -0.15) is 0 Å². The number of rotatable bonds is 15. The number of carbonyl (C=O) groups is 1. The maximum absolute atomic E-state index is 12.9. The van der Waals surface area contributed by atoms with E-state index in [2.05, 4.69) is 73.0 Å². The molecule has 2 aliphatic rings. The van der Waals surface area contributed by atoms with E-state index in [1.165, 1.54) is 19.8 Å². The summed E-state index contributed by atoms with van der Waals surface area (Å²) >= 11 is 0. The van der Waals surface area contributed by atoms with Gasteiger partial charge in [0.2, 0.25) is 11.7 Å². The van der Waals surface area contributed by atoms with Crippen LogP contribution in [0.15, 0.2) is 35.6 Å². The van der Waals surface area contributed by atoms with Crippen LogP contribution in [0.4, 0.5) is 0 Å². The number of hydrogen-bond acceptors (Lipinski definition) is 6. The molecule has 0 aromatic carbocycles. The average molecular weight is 566 g/mol. The number of epoxide rings is 1. The van der Waals surface area contributed by atoms with E-state index in [0.29, 0.717) is 18.0 Å². The van der Waals surface area contributed by atoms with Crippen LogP contribution in [0.5, 0.6) is 0 Å². The Kier molecular flexibility index (Phi) is 11.8. The van der Waals surface area contributed by atoms with Crippen molar-refractivity contribution in [3.63, 3.8) is 0 Å². The van der Waals surface area contributed by atoms with Gasteiger partial charge >= 0.3 is 0 Å². The molecule has 7 nitrogen and oxygen atoms in total. The monoisotopic (exact) mass is 565 g/mol. The molecular weight excluding hydrogens is 510 g/mol. The predicted octanol–water partition coefficient (Wildman–Crippen LogP) is 6.25. The van der Waals surface area contributed by atoms with Crippen LogP contribution in [-0.2, 0) is 23.4 Å². The predicted molar refractivity (Wildman–Crippen MR) is 160 cm³/mol. The third-order valence-corrected chi connectivity index (χ3v) is 13.0. The highest BCUT2D eigenvalue weighted by molar-refractivity contribution is 6.74. The van der Waals surface area contributed by atoms with Crippen molar-refractivity contribution in [3.05, 3.63) is 35.6 Å². The lowest BCUT2D eigenvalue weighted by Gasteiger charge is -2.38. The number of nitrogens with one attached hydrogen (secondary N) is 1. The molecule has 0 bridgehead atoms. The number of hydrogen-bond donors (Lipinski definition) is 2. The highest BCUT2D eigenvalue weighted by Gasteiger charge is 2.68. The summed E-state index contributed by atoms with van der Waals surface area (Å²) in [4.78, 5) is 12.9. The number of ether oxygens (including phenoxy) is 3. The zero-order chi connectivity index (χ0) is 29.6. The van der Waals surface area contributed by atoms with Gasteiger partial charge in [-0.1, -0.05) is 65.2 Å². The second-order valence-electron chi connectivity index (χ2n) is 13.3. The molecule has 39 heavy (non-hydrogen) atoms. The fraction of sp³-hybridized carbons (Fsp3) is 0.774. The molecule has 1 aliphatic carbocycles. The van der Waals surface area contributed by atoms with Crippen LogP contribution in [0, 0.1) is 11.8 Å². The summed E-state index contributed by atoms with van der Waals surface area (Å²) in [5.41, 5.74) is 0.476. The second-order valence-corrected chi connectivity index (χ2v) is 18.1. The van der Waals surface area contributed by atoms with Crippen molar-refractivity contribution in [1.82, 2.24) is 5.32 Å². The summed E-state index contributed by atoms with van der Waals surface area (Å²) in [6, 6.07) is 0. The first-order valence-electron chi connectivity index (χ1n) is 14.5. The van der Waals surface area contributed by atoms with Crippen LogP contribution in [0.1, 0.15) is 80.6 Å². The average Bonchev–Trinajstić information content (AvgIpc) is 3.62. The number of allylic oxidation sites excluding steroid dienone is 3. The maximum Gasteiger partial charge on any atom is 0.247 e. The summed E-state index contributed by atoms with van der Waals surface area (Å²) in [5, 5.41) is 14.7. The number of methoxy groups -OCH3 is 2. The summed E-state index contributed by atoms with van der Waals surface area (Å²) in [5.74, 6) is -0.873. The maximum atomic E-state index is 12.9. The molecule has 1 fully saturated rings. The number of unbranched alkanes of at least 4 members (excludes halogenated alkanes) is 2. The van der Waals surface area contributed by atoms with E-state index < -0.39 is 31.9 Å². The molecule has 1 amide bonds. The van der Waals surface area contributed by atoms with Crippen molar-refractivity contribution in [2.45, 2.75) is 122 Å². The molecule has 2 N–H and O–H groups in total. The zero-order valence-corrected chi connectivity index (χ0v) is 27.3. The molecule has 224 valence electrons. The Labute approximate surface area is 238 Å². The van der Waals surface area contributed by atoms with Gasteiger partial charge < -0.3 is 29.1 Å². The smallest absolute Gasteiger partial charge is 0.247 e. The Bertz CT molecular complexity index is 913. The quantitative estimate of drug-likeness (QED) is 0.0609. The first-order valence-corrected chi connectivity index (χ1v) is 17.4. The van der Waals surface area contributed by atoms with Gasteiger partial charge in [0.05, 0.1) is 5.70 Å². The molecule has 0 saturated carbocycles. The number of fused-ring (bicyclic) bond motifs is 1. The van der Waals surface area contributed by atoms with Gasteiger partial charge in [-0.25, -0.2) is 0 Å². The van der Waals surface area contributed by atoms with E-state index in [1.54, 1.807) is 12.2 Å². The van der Waals surface area contributed by atoms with Gasteiger partial charge in [0.15, 0.2) is 8.32 Å². The molecule has 0 spiro atoms. The van der Waals surface area contributed by atoms with Gasteiger partial charge in [0, 0.05) is 20.8 Å². The van der Waals surface area contributed by atoms with Crippen LogP contribution in [0.3, 0.4) is 0 Å². The third-order valence-electron chi connectivity index (χ3n) is 8.42. The molecule has 1 aliphatic heterocycles. The van der Waals surface area contributed by atoms with E-state index in [9.17, 15) is 9.90 Å². The SMILES string of the molecule is COC1(OC)C(NC(=O)/C=C/[C@H](C)C[C@H](C)C=C(C)C)=C[C@](O)(CCCCCO[Si](C)(C)C(C)(C)C)[C@H]2O[C@H]21. The van der Waals surface area contributed by atoms with Crippen molar-refractivity contribution < 1.29 is 28.5 Å². The molecular formula is C31H55NO6Si. The Morgan fingerprint density at radius 3 is 2.33 bits per heavy atom. The standard InChI is InChI=1S/C31H55NO6Si/c1-22(2)19-24(4)20-23(3)15-16-26(33)32-25-21-30(34,27-28(38-27)31(25,35-8)36-9)17-13-12-14-18-37-39(10,11)29(5,6)7/h15-16,19,21,23-24,27-28,34H,12-14,17-18,20H2,1-11H3,(H,32,33)/b16-15+/t23-,24+,27-,28+,30+/m0/s1. The van der Waals surface area contributed by atoms with E-state index in [-0.39, 0.29) is 16.9 Å². The number of aliphatic hydroxyl groups is 1. The van der Waals surface area contributed by atoms with Crippen molar-refractivity contribution >= 4 is 14.2 Å². The molecule has 0 radical (unpaired) electrons.